The standard InChI is InChI=1S/C12H13ClFN5O7S2.Na.H/c1-26-18-8(5-4-27-12(15-5)16-7(20)2-13)10(21)17-9-6(3-14)19(11(9)22)28(23,24)25;;/h4,6,9H,2-3H2,1H3,(H,17,21)(H,15,16,20)(H,23,24,25);;/b18-8-;;. The first kappa shape index (κ1) is 25.7. The molecule has 1 aromatic rings. The molecule has 1 aliphatic heterocycles. The second-order valence-electron chi connectivity index (χ2n) is 5.13. The molecule has 0 bridgehead atoms. The van der Waals surface area contributed by atoms with Crippen LogP contribution in [0.1, 0.15) is 5.69 Å². The summed E-state index contributed by atoms with van der Waals surface area (Å²) in [5.74, 6) is -3.08. The van der Waals surface area contributed by atoms with Crippen LogP contribution in [-0.4, -0.2) is 107 Å². The normalized spacial score (nSPS) is 19.1. The number of carbonyl (C=O) groups excluding carboxylic acids is 3. The van der Waals surface area contributed by atoms with Crippen molar-refractivity contribution in [3.8, 4) is 0 Å². The molecule has 3 amide bonds. The van der Waals surface area contributed by atoms with E-state index in [-0.39, 0.29) is 50.6 Å². The number of alkyl halides is 2. The number of nitrogens with zero attached hydrogens (tertiary/aromatic N) is 3. The molecule has 2 heterocycles. The summed E-state index contributed by atoms with van der Waals surface area (Å²) in [6.45, 7) is -1.33. The van der Waals surface area contributed by atoms with Crippen LogP contribution in [0.25, 0.3) is 0 Å². The number of nitrogens with one attached hydrogen (secondary N) is 2. The van der Waals surface area contributed by atoms with Crippen molar-refractivity contribution in [1.29, 1.82) is 0 Å². The summed E-state index contributed by atoms with van der Waals surface area (Å²) in [4.78, 5) is 44.0. The van der Waals surface area contributed by atoms with E-state index >= 15 is 0 Å². The number of aromatic nitrogens is 1. The quantitative estimate of drug-likeness (QED) is 0.101. The van der Waals surface area contributed by atoms with Gasteiger partial charge < -0.3 is 15.5 Å². The van der Waals surface area contributed by atoms with E-state index in [1.165, 1.54) is 5.38 Å². The topological polar surface area (TPSA) is 167 Å². The van der Waals surface area contributed by atoms with E-state index in [1.807, 2.05) is 0 Å². The molecule has 1 saturated heterocycles. The molecule has 12 nitrogen and oxygen atoms in total. The average molecular weight is 482 g/mol. The van der Waals surface area contributed by atoms with Gasteiger partial charge in [0.2, 0.25) is 5.91 Å². The monoisotopic (exact) mass is 481 g/mol. The summed E-state index contributed by atoms with van der Waals surface area (Å²) in [5, 5.41) is 9.42. The Balaban J connectivity index is 0.00000420. The third kappa shape index (κ3) is 5.84. The number of rotatable bonds is 8. The van der Waals surface area contributed by atoms with Gasteiger partial charge in [-0.15, -0.1) is 22.9 Å². The van der Waals surface area contributed by atoms with Crippen LogP contribution in [0, 0.1) is 0 Å². The maximum absolute atomic E-state index is 13.1. The van der Waals surface area contributed by atoms with Crippen LogP contribution in [0.3, 0.4) is 0 Å². The summed E-state index contributed by atoms with van der Waals surface area (Å²) in [5.41, 5.74) is -0.453. The number of β-lactam (4-membered cyclic amide) rings is 1. The Morgan fingerprint density at radius 3 is 2.69 bits per heavy atom. The summed E-state index contributed by atoms with van der Waals surface area (Å²) in [7, 11) is -3.83. The zero-order valence-electron chi connectivity index (χ0n) is 14.0. The zero-order valence-corrected chi connectivity index (χ0v) is 16.3. The fraction of sp³-hybridized carbons (Fsp3) is 0.417. The van der Waals surface area contributed by atoms with E-state index in [0.29, 0.717) is 0 Å². The second kappa shape index (κ2) is 10.6. The van der Waals surface area contributed by atoms with Gasteiger partial charge in [-0.3, -0.25) is 18.9 Å². The summed E-state index contributed by atoms with van der Waals surface area (Å²) in [6, 6.07) is -3.15. The third-order valence-corrected chi connectivity index (χ3v) is 5.32. The van der Waals surface area contributed by atoms with Crippen molar-refractivity contribution in [2.45, 2.75) is 12.1 Å². The Kier molecular flexibility index (Phi) is 9.39. The first-order valence-electron chi connectivity index (χ1n) is 7.24. The minimum absolute atomic E-state index is 0. The molecule has 0 aromatic carbocycles. The molecule has 17 heteroatoms. The maximum atomic E-state index is 13.1. The number of oxime groups is 1. The number of anilines is 1. The van der Waals surface area contributed by atoms with E-state index in [0.717, 1.165) is 18.4 Å². The molecule has 2 atom stereocenters. The summed E-state index contributed by atoms with van der Waals surface area (Å²) < 4.78 is 44.1. The van der Waals surface area contributed by atoms with Crippen molar-refractivity contribution in [1.82, 2.24) is 14.6 Å². The molecule has 1 aromatic heterocycles. The molecule has 3 N–H and O–H groups in total. The predicted molar refractivity (Wildman–Crippen MR) is 102 cm³/mol. The first-order chi connectivity index (χ1) is 13.1. The molecular weight excluding hydrogens is 468 g/mol. The Bertz CT molecular complexity index is 927. The number of carbonyl (C=O) groups is 3. The molecule has 1 aliphatic rings. The van der Waals surface area contributed by atoms with E-state index in [9.17, 15) is 27.2 Å². The number of hydrogen-bond acceptors (Lipinski definition) is 9. The van der Waals surface area contributed by atoms with Gasteiger partial charge in [0.05, 0.1) is 0 Å². The fourth-order valence-electron chi connectivity index (χ4n) is 2.21. The van der Waals surface area contributed by atoms with Crippen LogP contribution < -0.4 is 10.6 Å². The van der Waals surface area contributed by atoms with Gasteiger partial charge in [-0.25, -0.2) is 13.7 Å². The fourth-order valence-corrected chi connectivity index (χ4v) is 3.85. The zero-order chi connectivity index (χ0) is 21.1. The van der Waals surface area contributed by atoms with Gasteiger partial charge in [0.1, 0.15) is 37.4 Å². The number of hydrogen-bond donors (Lipinski definition) is 3. The van der Waals surface area contributed by atoms with Crippen LogP contribution in [-0.2, 0) is 29.5 Å². The van der Waals surface area contributed by atoms with Crippen LogP contribution in [0.15, 0.2) is 10.5 Å². The van der Waals surface area contributed by atoms with Gasteiger partial charge in [-0.2, -0.15) is 8.42 Å². The Morgan fingerprint density at radius 1 is 1.52 bits per heavy atom. The molecule has 2 rings (SSSR count). The second-order valence-corrected chi connectivity index (χ2v) is 7.54. The minimum atomic E-state index is -4.96. The molecular formula is C12H14ClFN5NaO7S2. The average Bonchev–Trinajstić information content (AvgIpc) is 3.08. The van der Waals surface area contributed by atoms with Crippen molar-refractivity contribution in [2.24, 2.45) is 5.16 Å². The van der Waals surface area contributed by atoms with Crippen molar-refractivity contribution in [3.63, 3.8) is 0 Å². The van der Waals surface area contributed by atoms with Crippen LogP contribution in [0.4, 0.5) is 9.52 Å². The van der Waals surface area contributed by atoms with Gasteiger partial charge in [0, 0.05) is 5.38 Å². The molecule has 0 aliphatic carbocycles. The Labute approximate surface area is 195 Å². The van der Waals surface area contributed by atoms with Gasteiger partial charge in [0.15, 0.2) is 10.8 Å². The molecule has 2 unspecified atom stereocenters. The van der Waals surface area contributed by atoms with Gasteiger partial charge in [0.25, 0.3) is 11.8 Å². The van der Waals surface area contributed by atoms with E-state index < -0.39 is 52.5 Å². The van der Waals surface area contributed by atoms with Gasteiger partial charge >= 0.3 is 39.9 Å². The van der Waals surface area contributed by atoms with Crippen molar-refractivity contribution in [2.75, 3.05) is 25.0 Å². The third-order valence-electron chi connectivity index (χ3n) is 3.37. The number of thiazole rings is 1. The van der Waals surface area contributed by atoms with Crippen LogP contribution in [0.2, 0.25) is 0 Å². The van der Waals surface area contributed by atoms with Crippen molar-refractivity contribution >= 4 is 91.4 Å². The molecule has 156 valence electrons. The van der Waals surface area contributed by atoms with E-state index in [1.54, 1.807) is 0 Å². The summed E-state index contributed by atoms with van der Waals surface area (Å²) in [6.07, 6.45) is 0. The van der Waals surface area contributed by atoms with Gasteiger partial charge in [-0.1, -0.05) is 5.16 Å². The predicted octanol–water partition coefficient (Wildman–Crippen LogP) is -1.51. The molecule has 1 fully saturated rings. The van der Waals surface area contributed by atoms with Gasteiger partial charge in [-0.05, 0) is 0 Å². The van der Waals surface area contributed by atoms with Crippen LogP contribution in [0.5, 0.6) is 0 Å². The first-order valence-corrected chi connectivity index (χ1v) is 10.1. The molecule has 29 heavy (non-hydrogen) atoms. The van der Waals surface area contributed by atoms with E-state index in [4.69, 9.17) is 16.2 Å². The van der Waals surface area contributed by atoms with Crippen molar-refractivity contribution < 1.29 is 36.6 Å². The Hall–Kier alpha value is -1.36. The van der Waals surface area contributed by atoms with E-state index in [2.05, 4.69) is 25.6 Å². The molecule has 0 spiro atoms. The Morgan fingerprint density at radius 2 is 2.17 bits per heavy atom. The molecule has 0 radical (unpaired) electrons. The molecule has 0 saturated carbocycles. The summed E-state index contributed by atoms with van der Waals surface area (Å²) >= 11 is 6.31. The number of amides is 3. The van der Waals surface area contributed by atoms with Crippen molar-refractivity contribution in [3.05, 3.63) is 11.1 Å². The number of halogens is 2. The van der Waals surface area contributed by atoms with Crippen LogP contribution >= 0.6 is 22.9 Å². The SMILES string of the molecule is CO/N=C(\C(=O)NC1C(=O)N(S(=O)(=O)O)C1CF)c1csc(NC(=O)CCl)n1.[NaH].